The number of allylic oxidation sites excluding steroid dienone is 1. The number of rotatable bonds is 4. The maximum absolute atomic E-state index is 12.0. The summed E-state index contributed by atoms with van der Waals surface area (Å²) in [5.41, 5.74) is 3.12. The van der Waals surface area contributed by atoms with E-state index in [1.807, 2.05) is 74.5 Å². The van der Waals surface area contributed by atoms with Crippen LogP contribution in [0.3, 0.4) is 0 Å². The number of amidine groups is 1. The van der Waals surface area contributed by atoms with Crippen LogP contribution in [0.4, 0.5) is 5.69 Å². The van der Waals surface area contributed by atoms with Crippen LogP contribution in [0.15, 0.2) is 75.9 Å². The van der Waals surface area contributed by atoms with Crippen LogP contribution in [0.5, 0.6) is 0 Å². The zero-order chi connectivity index (χ0) is 22.4. The lowest BCUT2D eigenvalue weighted by Crippen LogP contribution is -2.40. The van der Waals surface area contributed by atoms with Crippen molar-refractivity contribution in [2.75, 3.05) is 0 Å². The van der Waals surface area contributed by atoms with Gasteiger partial charge >= 0.3 is 5.69 Å². The minimum absolute atomic E-state index is 0.115. The Bertz CT molecular complexity index is 1230. The molecule has 0 radical (unpaired) electrons. The molecule has 8 heteroatoms. The molecule has 0 unspecified atom stereocenters. The summed E-state index contributed by atoms with van der Waals surface area (Å²) in [7, 11) is 0. The van der Waals surface area contributed by atoms with Gasteiger partial charge in [0.25, 0.3) is 0 Å². The molecule has 8 nitrogen and oxygen atoms in total. The fourth-order valence-corrected chi connectivity index (χ4v) is 4.46. The topological polar surface area (TPSA) is 94.0 Å². The molecule has 2 aromatic carbocycles. The highest BCUT2D eigenvalue weighted by Crippen LogP contribution is 2.53. The Morgan fingerprint density at radius 1 is 1.00 bits per heavy atom. The molecule has 3 aromatic rings. The van der Waals surface area contributed by atoms with Crippen molar-refractivity contribution in [3.05, 3.63) is 105 Å². The molecule has 5 rings (SSSR count). The second-order valence-electron chi connectivity index (χ2n) is 8.13. The molecular weight excluding hydrogens is 408 g/mol. The average Bonchev–Trinajstić information content (AvgIpc) is 3.35. The molecule has 162 valence electrons. The highest BCUT2D eigenvalue weighted by Gasteiger charge is 2.49. The third-order valence-corrected chi connectivity index (χ3v) is 5.91. The number of aryl methyl sites for hydroxylation is 2. The quantitative estimate of drug-likeness (QED) is 0.410. The van der Waals surface area contributed by atoms with E-state index < -0.39 is 22.9 Å². The normalized spacial score (nSPS) is 22.1. The fourth-order valence-electron chi connectivity index (χ4n) is 4.46. The summed E-state index contributed by atoms with van der Waals surface area (Å²) >= 11 is 0. The van der Waals surface area contributed by atoms with Crippen LogP contribution in [0.1, 0.15) is 53.1 Å². The molecule has 0 N–H and O–H groups in total. The average molecular weight is 430 g/mol. The first-order chi connectivity index (χ1) is 15.4. The summed E-state index contributed by atoms with van der Waals surface area (Å²) < 4.78 is 5.64. The number of nitrogens with zero attached hydrogens (tertiary/aromatic N) is 4. The highest BCUT2D eigenvalue weighted by atomic mass is 16.7. The fraction of sp³-hybridized carbons (Fsp3) is 0.250. The van der Waals surface area contributed by atoms with Crippen molar-refractivity contribution < 1.29 is 14.3 Å². The Morgan fingerprint density at radius 2 is 1.72 bits per heavy atom. The van der Waals surface area contributed by atoms with Gasteiger partial charge < -0.3 is 9.36 Å². The van der Waals surface area contributed by atoms with Gasteiger partial charge in [-0.15, -0.1) is 0 Å². The van der Waals surface area contributed by atoms with E-state index in [1.54, 1.807) is 12.0 Å². The van der Waals surface area contributed by atoms with Gasteiger partial charge in [-0.05, 0) is 31.9 Å². The van der Waals surface area contributed by atoms with Crippen LogP contribution >= 0.6 is 0 Å². The molecule has 0 fully saturated rings. The molecule has 0 amide bonds. The van der Waals surface area contributed by atoms with Crippen LogP contribution in [0.2, 0.25) is 0 Å². The van der Waals surface area contributed by atoms with Crippen LogP contribution in [0, 0.1) is 24.0 Å². The molecule has 1 aromatic heterocycles. The van der Waals surface area contributed by atoms with Crippen LogP contribution in [0.25, 0.3) is 0 Å². The largest absolute Gasteiger partial charge is 0.382 e. The van der Waals surface area contributed by atoms with Gasteiger partial charge in [-0.25, -0.2) is 0 Å². The molecule has 0 saturated heterocycles. The number of nitro groups is 1. The van der Waals surface area contributed by atoms with E-state index in [1.165, 1.54) is 0 Å². The third-order valence-electron chi connectivity index (χ3n) is 5.91. The predicted molar refractivity (Wildman–Crippen MR) is 118 cm³/mol. The van der Waals surface area contributed by atoms with Gasteiger partial charge in [0.2, 0.25) is 5.76 Å². The number of aromatic nitrogens is 1. The van der Waals surface area contributed by atoms with E-state index in [4.69, 9.17) is 14.4 Å². The second-order valence-corrected chi connectivity index (χ2v) is 8.13. The van der Waals surface area contributed by atoms with Crippen molar-refractivity contribution in [1.29, 1.82) is 0 Å². The van der Waals surface area contributed by atoms with Crippen molar-refractivity contribution in [1.82, 2.24) is 10.2 Å². The van der Waals surface area contributed by atoms with Gasteiger partial charge in [0, 0.05) is 6.08 Å². The number of fused-ring (bicyclic) bond motifs is 1. The Kier molecular flexibility index (Phi) is 4.77. The van der Waals surface area contributed by atoms with E-state index in [-0.39, 0.29) is 17.1 Å². The van der Waals surface area contributed by atoms with E-state index in [9.17, 15) is 10.1 Å². The van der Waals surface area contributed by atoms with Gasteiger partial charge in [0.05, 0.1) is 16.9 Å². The summed E-state index contributed by atoms with van der Waals surface area (Å²) in [6, 6.07) is 17.0. The third kappa shape index (κ3) is 3.24. The molecule has 3 atom stereocenters. The monoisotopic (exact) mass is 430 g/mol. The Morgan fingerprint density at radius 3 is 2.41 bits per heavy atom. The summed E-state index contributed by atoms with van der Waals surface area (Å²) in [6.07, 6.45) is 1.88. The molecule has 2 aliphatic rings. The first-order valence-electron chi connectivity index (χ1n) is 10.4. The maximum Gasteiger partial charge on any atom is 0.334 e. The molecular formula is C24H22N4O4. The number of hydrogen-bond donors (Lipinski definition) is 0. The first kappa shape index (κ1) is 20.0. The lowest BCUT2D eigenvalue weighted by molar-refractivity contribution is -0.387. The van der Waals surface area contributed by atoms with E-state index in [0.717, 1.165) is 16.7 Å². The zero-order valence-corrected chi connectivity index (χ0v) is 17.9. The second kappa shape index (κ2) is 7.64. The number of aliphatic imine (C=N–C) groups is 1. The molecule has 32 heavy (non-hydrogen) atoms. The number of benzene rings is 2. The zero-order valence-electron chi connectivity index (χ0n) is 17.9. The van der Waals surface area contributed by atoms with Crippen molar-refractivity contribution in [3.63, 3.8) is 0 Å². The smallest absolute Gasteiger partial charge is 0.334 e. The van der Waals surface area contributed by atoms with E-state index in [0.29, 0.717) is 11.6 Å². The molecule has 0 bridgehead atoms. The van der Waals surface area contributed by atoms with Crippen molar-refractivity contribution in [2.45, 2.75) is 38.8 Å². The summed E-state index contributed by atoms with van der Waals surface area (Å²) in [4.78, 5) is 22.5. The van der Waals surface area contributed by atoms with Crippen LogP contribution in [-0.4, -0.2) is 21.0 Å². The minimum Gasteiger partial charge on any atom is -0.382 e. The van der Waals surface area contributed by atoms with Crippen LogP contribution in [-0.2, 0) is 4.84 Å². The molecule has 2 aliphatic heterocycles. The number of hydrogen-bond acceptors (Lipinski definition) is 7. The van der Waals surface area contributed by atoms with Gasteiger partial charge in [0.1, 0.15) is 11.8 Å². The predicted octanol–water partition coefficient (Wildman–Crippen LogP) is 5.33. The lowest BCUT2D eigenvalue weighted by atomic mass is 9.80. The van der Waals surface area contributed by atoms with Gasteiger partial charge in [-0.2, -0.15) is 5.06 Å². The molecule has 0 saturated carbocycles. The number of hydroxylamine groups is 2. The van der Waals surface area contributed by atoms with E-state index >= 15 is 0 Å². The summed E-state index contributed by atoms with van der Waals surface area (Å²) in [5.74, 6) is 1.04. The summed E-state index contributed by atoms with van der Waals surface area (Å²) in [5, 5.41) is 17.6. The van der Waals surface area contributed by atoms with E-state index in [2.05, 4.69) is 5.16 Å². The Labute approximate surface area is 184 Å². The SMILES string of the molecule is CC1=CC2=N[C@@H](c3ccccc3)[C@@H](c3onc(C)c3[N+](=O)[O-])[C@H](c3ccc(C)cc3)N2O1. The summed E-state index contributed by atoms with van der Waals surface area (Å²) in [6.45, 7) is 5.46. The van der Waals surface area contributed by atoms with Gasteiger partial charge in [-0.3, -0.25) is 15.1 Å². The molecule has 0 spiro atoms. The Balaban J connectivity index is 1.77. The standard InChI is InChI=1S/C24H22N4O4/c1-14-9-11-18(12-10-14)23-20(24-22(28(29)30)16(3)26-31-24)21(17-7-5-4-6-8-17)25-19-13-15(2)32-27(19)23/h4-13,20-21,23H,1-3H3/t20-,21+,23+/m1/s1. The lowest BCUT2D eigenvalue weighted by Gasteiger charge is -2.40. The van der Waals surface area contributed by atoms with Crippen molar-refractivity contribution >= 4 is 11.5 Å². The Hall–Kier alpha value is -3.94. The molecule has 0 aliphatic carbocycles. The van der Waals surface area contributed by atoms with Crippen molar-refractivity contribution in [3.8, 4) is 0 Å². The maximum atomic E-state index is 12.0. The van der Waals surface area contributed by atoms with Crippen LogP contribution < -0.4 is 0 Å². The highest BCUT2D eigenvalue weighted by molar-refractivity contribution is 5.95. The van der Waals surface area contributed by atoms with Gasteiger partial charge in [-0.1, -0.05) is 65.3 Å². The molecule has 3 heterocycles. The van der Waals surface area contributed by atoms with Crippen molar-refractivity contribution in [2.24, 2.45) is 4.99 Å². The first-order valence-corrected chi connectivity index (χ1v) is 10.4. The van der Waals surface area contributed by atoms with Gasteiger partial charge in [0.15, 0.2) is 11.5 Å². The minimum atomic E-state index is -0.537.